The van der Waals surface area contributed by atoms with E-state index in [0.29, 0.717) is 9.75 Å². The molecule has 1 aliphatic carbocycles. The molecule has 0 aromatic carbocycles. The number of hydrogen-bond donors (Lipinski definition) is 1. The number of ketones is 1. The molecular weight excluding hydrogens is 483 g/mol. The van der Waals surface area contributed by atoms with Crippen LogP contribution in [0, 0.1) is 11.7 Å². The van der Waals surface area contributed by atoms with E-state index in [1.54, 1.807) is 12.1 Å². The first-order chi connectivity index (χ1) is 16.4. The zero-order valence-electron chi connectivity index (χ0n) is 18.3. The van der Waals surface area contributed by atoms with Gasteiger partial charge in [0.25, 0.3) is 5.91 Å². The Bertz CT molecular complexity index is 1110. The molecule has 8 nitrogen and oxygen atoms in total. The Morgan fingerprint density at radius 3 is 2.82 bits per heavy atom. The van der Waals surface area contributed by atoms with Gasteiger partial charge in [-0.15, -0.1) is 22.9 Å². The third-order valence-electron chi connectivity index (χ3n) is 6.81. The molecule has 0 bridgehead atoms. The number of ether oxygens (including phenoxy) is 1. The first-order valence-corrected chi connectivity index (χ1v) is 12.6. The standard InChI is InChI=1S/C23H24ClFN4O4S/c24-13-9-29(20-15(30)10-33-21(13)20)23(32)18(12-4-2-1-3-5-12)28-22(31)17-7-6-16(34-17)19-14(25)8-26-11-27-19/h6-8,11-13,18,20-21H,1-5,9-10H2,(H,28,31)/t13-,18-,20+,21+/m0/s1. The van der Waals surface area contributed by atoms with Crippen molar-refractivity contribution in [2.24, 2.45) is 5.92 Å². The van der Waals surface area contributed by atoms with E-state index in [1.165, 1.54) is 11.2 Å². The third-order valence-corrected chi connectivity index (χ3v) is 8.29. The molecule has 180 valence electrons. The summed E-state index contributed by atoms with van der Waals surface area (Å²) in [5.41, 5.74) is 0.120. The third kappa shape index (κ3) is 4.34. The van der Waals surface area contributed by atoms with Crippen LogP contribution >= 0.6 is 22.9 Å². The lowest BCUT2D eigenvalue weighted by molar-refractivity contribution is -0.139. The van der Waals surface area contributed by atoms with Crippen molar-refractivity contribution < 1.29 is 23.5 Å². The quantitative estimate of drug-likeness (QED) is 0.626. The SMILES string of the molecule is O=C(N[C@H](C(=O)N1C[C@H](Cl)[C@H]2OCC(=O)[C@H]21)C1CCCCC1)c1ccc(-c2ncncc2F)s1. The first-order valence-electron chi connectivity index (χ1n) is 11.4. The van der Waals surface area contributed by atoms with E-state index in [9.17, 15) is 18.8 Å². The van der Waals surface area contributed by atoms with Crippen LogP contribution in [0.15, 0.2) is 24.7 Å². The summed E-state index contributed by atoms with van der Waals surface area (Å²) in [4.78, 5) is 49.2. The van der Waals surface area contributed by atoms with Gasteiger partial charge in [-0.2, -0.15) is 0 Å². The number of carbonyl (C=O) groups is 3. The van der Waals surface area contributed by atoms with Gasteiger partial charge in [-0.25, -0.2) is 14.4 Å². The predicted molar refractivity (Wildman–Crippen MR) is 123 cm³/mol. The second-order valence-corrected chi connectivity index (χ2v) is 10.6. The molecule has 0 unspecified atom stereocenters. The van der Waals surface area contributed by atoms with E-state index in [1.807, 2.05) is 0 Å². The molecule has 2 amide bonds. The number of fused-ring (bicyclic) bond motifs is 1. The van der Waals surface area contributed by atoms with Gasteiger partial charge in [0.05, 0.1) is 21.3 Å². The topological polar surface area (TPSA) is 101 Å². The van der Waals surface area contributed by atoms with E-state index in [0.717, 1.165) is 49.6 Å². The van der Waals surface area contributed by atoms with Crippen LogP contribution in [-0.2, 0) is 14.3 Å². The molecule has 4 heterocycles. The normalized spacial score (nSPS) is 25.9. The molecule has 3 aliphatic rings. The van der Waals surface area contributed by atoms with Crippen LogP contribution in [0.25, 0.3) is 10.6 Å². The number of thiophene rings is 1. The maximum Gasteiger partial charge on any atom is 0.262 e. The number of rotatable bonds is 5. The van der Waals surface area contributed by atoms with Crippen molar-refractivity contribution in [1.29, 1.82) is 0 Å². The number of carbonyl (C=O) groups excluding carboxylic acids is 3. The maximum absolute atomic E-state index is 14.1. The van der Waals surface area contributed by atoms with Gasteiger partial charge in [0.2, 0.25) is 5.91 Å². The van der Waals surface area contributed by atoms with Gasteiger partial charge in [-0.1, -0.05) is 19.3 Å². The number of alkyl halides is 1. The lowest BCUT2D eigenvalue weighted by atomic mass is 9.83. The molecule has 2 aromatic heterocycles. The summed E-state index contributed by atoms with van der Waals surface area (Å²) in [6.45, 7) is 0.150. The van der Waals surface area contributed by atoms with E-state index >= 15 is 0 Å². The maximum atomic E-state index is 14.1. The highest BCUT2D eigenvalue weighted by atomic mass is 35.5. The number of hydrogen-bond acceptors (Lipinski definition) is 7. The average Bonchev–Trinajstić information content (AvgIpc) is 3.56. The summed E-state index contributed by atoms with van der Waals surface area (Å²) in [5, 5.41) is 2.46. The summed E-state index contributed by atoms with van der Waals surface area (Å²) in [7, 11) is 0. The van der Waals surface area contributed by atoms with Crippen molar-refractivity contribution in [3.8, 4) is 10.6 Å². The van der Waals surface area contributed by atoms with E-state index < -0.39 is 35.3 Å². The van der Waals surface area contributed by atoms with E-state index in [4.69, 9.17) is 16.3 Å². The Labute approximate surface area is 204 Å². The minimum atomic E-state index is -0.773. The summed E-state index contributed by atoms with van der Waals surface area (Å²) < 4.78 is 19.6. The van der Waals surface area contributed by atoms with Gasteiger partial charge in [-0.05, 0) is 30.9 Å². The van der Waals surface area contributed by atoms with Gasteiger partial charge in [0.15, 0.2) is 11.6 Å². The zero-order valence-corrected chi connectivity index (χ0v) is 19.9. The van der Waals surface area contributed by atoms with Gasteiger partial charge in [0.1, 0.15) is 36.8 Å². The van der Waals surface area contributed by atoms with Crippen LogP contribution in [0.2, 0.25) is 0 Å². The highest BCUT2D eigenvalue weighted by Crippen LogP contribution is 2.34. The molecule has 3 fully saturated rings. The van der Waals surface area contributed by atoms with Crippen LogP contribution in [-0.4, -0.2) is 69.2 Å². The zero-order chi connectivity index (χ0) is 23.8. The van der Waals surface area contributed by atoms with E-state index in [2.05, 4.69) is 15.3 Å². The smallest absolute Gasteiger partial charge is 0.262 e. The Kier molecular flexibility index (Phi) is 6.63. The van der Waals surface area contributed by atoms with Gasteiger partial charge in [-0.3, -0.25) is 14.4 Å². The second-order valence-electron chi connectivity index (χ2n) is 8.93. The van der Waals surface area contributed by atoms with Crippen molar-refractivity contribution in [1.82, 2.24) is 20.2 Å². The fourth-order valence-corrected chi connectivity index (χ4v) is 6.41. The number of halogens is 2. The molecule has 0 radical (unpaired) electrons. The average molecular weight is 507 g/mol. The molecule has 2 aromatic rings. The van der Waals surface area contributed by atoms with Crippen LogP contribution in [0.4, 0.5) is 4.39 Å². The molecule has 1 N–H and O–H groups in total. The highest BCUT2D eigenvalue weighted by Gasteiger charge is 2.53. The molecule has 1 saturated carbocycles. The number of nitrogens with one attached hydrogen (secondary N) is 1. The highest BCUT2D eigenvalue weighted by molar-refractivity contribution is 7.17. The van der Waals surface area contributed by atoms with Crippen molar-refractivity contribution in [3.63, 3.8) is 0 Å². The molecular formula is C23H24ClFN4O4S. The summed E-state index contributed by atoms with van der Waals surface area (Å²) in [6, 6.07) is 1.74. The summed E-state index contributed by atoms with van der Waals surface area (Å²) in [6.07, 6.45) is 6.49. The Morgan fingerprint density at radius 2 is 2.06 bits per heavy atom. The van der Waals surface area contributed by atoms with E-state index in [-0.39, 0.29) is 36.5 Å². The lowest BCUT2D eigenvalue weighted by Crippen LogP contribution is -2.55. The van der Waals surface area contributed by atoms with Gasteiger partial charge < -0.3 is 15.0 Å². The molecule has 4 atom stereocenters. The Hall–Kier alpha value is -2.43. The Balaban J connectivity index is 1.38. The first kappa shape index (κ1) is 23.3. The monoisotopic (exact) mass is 506 g/mol. The molecule has 5 rings (SSSR count). The molecule has 2 aliphatic heterocycles. The van der Waals surface area contributed by atoms with Crippen molar-refractivity contribution in [3.05, 3.63) is 35.4 Å². The predicted octanol–water partition coefficient (Wildman–Crippen LogP) is 2.81. The van der Waals surface area contributed by atoms with Gasteiger partial charge in [0, 0.05) is 6.54 Å². The molecule has 34 heavy (non-hydrogen) atoms. The van der Waals surface area contributed by atoms with Crippen LogP contribution in [0.3, 0.4) is 0 Å². The van der Waals surface area contributed by atoms with Crippen molar-refractivity contribution in [2.75, 3.05) is 13.2 Å². The van der Waals surface area contributed by atoms with Crippen LogP contribution < -0.4 is 5.32 Å². The minimum Gasteiger partial charge on any atom is -0.366 e. The van der Waals surface area contributed by atoms with Crippen molar-refractivity contribution in [2.45, 2.75) is 55.7 Å². The number of aromatic nitrogens is 2. The summed E-state index contributed by atoms with van der Waals surface area (Å²) >= 11 is 7.48. The van der Waals surface area contributed by atoms with Crippen LogP contribution in [0.1, 0.15) is 41.8 Å². The Morgan fingerprint density at radius 1 is 1.26 bits per heavy atom. The lowest BCUT2D eigenvalue weighted by Gasteiger charge is -2.34. The van der Waals surface area contributed by atoms with Crippen LogP contribution in [0.5, 0.6) is 0 Å². The van der Waals surface area contributed by atoms with Crippen molar-refractivity contribution >= 4 is 40.5 Å². The molecule has 2 saturated heterocycles. The number of likely N-dealkylation sites (tertiary alicyclic amines) is 1. The largest absolute Gasteiger partial charge is 0.366 e. The fourth-order valence-electron chi connectivity index (χ4n) is 5.14. The number of amides is 2. The number of nitrogens with zero attached hydrogens (tertiary/aromatic N) is 3. The van der Waals surface area contributed by atoms with Gasteiger partial charge >= 0.3 is 0 Å². The number of Topliss-reactive ketones (excluding diaryl/α,β-unsaturated/α-hetero) is 1. The second kappa shape index (κ2) is 9.67. The fraction of sp³-hybridized carbons (Fsp3) is 0.522. The summed E-state index contributed by atoms with van der Waals surface area (Å²) in [5.74, 6) is -1.48. The minimum absolute atomic E-state index is 0.0332. The molecule has 0 spiro atoms. The molecule has 11 heteroatoms.